The Morgan fingerprint density at radius 2 is 1.67 bits per heavy atom. The van der Waals surface area contributed by atoms with Crippen LogP contribution in [0.3, 0.4) is 0 Å². The van der Waals surface area contributed by atoms with Gasteiger partial charge in [0, 0.05) is 27.6 Å². The molecule has 0 saturated carbocycles. The number of nitrogens with zero attached hydrogens (tertiary/aromatic N) is 1. The lowest BCUT2D eigenvalue weighted by molar-refractivity contribution is -0.112. The minimum atomic E-state index is -0.0169. The van der Waals surface area contributed by atoms with Gasteiger partial charge in [-0.15, -0.1) is 0 Å². The molecule has 1 aliphatic rings. The number of rotatable bonds is 1. The molecule has 0 unspecified atom stereocenters. The van der Waals surface area contributed by atoms with Crippen molar-refractivity contribution in [2.45, 2.75) is 20.3 Å². The topological polar surface area (TPSA) is 29.4 Å². The summed E-state index contributed by atoms with van der Waals surface area (Å²) in [4.78, 5) is 16.9. The Morgan fingerprint density at radius 1 is 1.00 bits per heavy atom. The molecular formula is C17H13Cl2NO. The molecule has 106 valence electrons. The Hall–Kier alpha value is -1.64. The third-order valence-corrected chi connectivity index (χ3v) is 4.02. The molecule has 0 radical (unpaired) electrons. The Bertz CT molecular complexity index is 773. The molecule has 2 aromatic carbocycles. The fourth-order valence-electron chi connectivity index (χ4n) is 2.63. The molecule has 0 amide bonds. The lowest BCUT2D eigenvalue weighted by Crippen LogP contribution is -2.21. The van der Waals surface area contributed by atoms with Gasteiger partial charge in [0.25, 0.3) is 0 Å². The van der Waals surface area contributed by atoms with Crippen molar-refractivity contribution in [2.75, 3.05) is 0 Å². The molecule has 0 fully saturated rings. The number of aryl methyl sites for hydroxylation is 2. The van der Waals surface area contributed by atoms with Crippen molar-refractivity contribution in [3.05, 3.63) is 62.6 Å². The third kappa shape index (κ3) is 2.74. The highest BCUT2D eigenvalue weighted by Gasteiger charge is 2.24. The van der Waals surface area contributed by atoms with Gasteiger partial charge >= 0.3 is 0 Å². The molecule has 0 aromatic heterocycles. The number of Topliss-reactive ketones (excluding diaryl/α,β-unsaturated/α-hetero) is 1. The van der Waals surface area contributed by atoms with Crippen molar-refractivity contribution < 1.29 is 4.79 Å². The van der Waals surface area contributed by atoms with Crippen molar-refractivity contribution >= 4 is 40.4 Å². The van der Waals surface area contributed by atoms with E-state index in [-0.39, 0.29) is 12.2 Å². The van der Waals surface area contributed by atoms with Crippen molar-refractivity contribution in [2.24, 2.45) is 4.99 Å². The largest absolute Gasteiger partial charge is 0.292 e. The van der Waals surface area contributed by atoms with Crippen LogP contribution in [-0.4, -0.2) is 11.5 Å². The van der Waals surface area contributed by atoms with E-state index in [2.05, 4.69) is 11.1 Å². The van der Waals surface area contributed by atoms with Crippen LogP contribution < -0.4 is 0 Å². The van der Waals surface area contributed by atoms with Gasteiger partial charge in [-0.1, -0.05) is 40.4 Å². The van der Waals surface area contributed by atoms with E-state index in [0.29, 0.717) is 21.4 Å². The van der Waals surface area contributed by atoms with Crippen molar-refractivity contribution in [1.29, 1.82) is 0 Å². The predicted octanol–water partition coefficient (Wildman–Crippen LogP) is 4.86. The molecule has 1 heterocycles. The van der Waals surface area contributed by atoms with Crippen molar-refractivity contribution in [1.82, 2.24) is 0 Å². The smallest absolute Gasteiger partial charge is 0.186 e. The molecule has 3 rings (SSSR count). The minimum Gasteiger partial charge on any atom is -0.292 e. The van der Waals surface area contributed by atoms with E-state index < -0.39 is 0 Å². The highest BCUT2D eigenvalue weighted by Crippen LogP contribution is 2.35. The van der Waals surface area contributed by atoms with Crippen LogP contribution >= 0.6 is 23.2 Å². The zero-order valence-electron chi connectivity index (χ0n) is 11.7. The van der Waals surface area contributed by atoms with Gasteiger partial charge in [-0.25, -0.2) is 4.99 Å². The minimum absolute atomic E-state index is 0.0169. The predicted molar refractivity (Wildman–Crippen MR) is 87.3 cm³/mol. The highest BCUT2D eigenvalue weighted by molar-refractivity contribution is 6.48. The van der Waals surface area contributed by atoms with E-state index in [4.69, 9.17) is 23.2 Å². The Labute approximate surface area is 133 Å². The molecule has 21 heavy (non-hydrogen) atoms. The molecule has 0 aliphatic carbocycles. The summed E-state index contributed by atoms with van der Waals surface area (Å²) < 4.78 is 0. The Balaban J connectivity index is 2.18. The van der Waals surface area contributed by atoms with Gasteiger partial charge in [0.2, 0.25) is 0 Å². The SMILES string of the molecule is Cc1cc(C)cc(C2=Nc3cc(Cl)cc(Cl)c3CC2=O)c1. The molecule has 0 atom stereocenters. The normalized spacial score (nSPS) is 13.9. The molecule has 0 bridgehead atoms. The average Bonchev–Trinajstić information content (AvgIpc) is 2.38. The summed E-state index contributed by atoms with van der Waals surface area (Å²) in [6.07, 6.45) is 0.261. The second-order valence-corrected chi connectivity index (χ2v) is 6.17. The summed E-state index contributed by atoms with van der Waals surface area (Å²) in [7, 11) is 0. The molecule has 0 spiro atoms. The number of ketones is 1. The number of benzene rings is 2. The summed E-state index contributed by atoms with van der Waals surface area (Å²) >= 11 is 12.2. The fraction of sp³-hybridized carbons (Fsp3) is 0.176. The number of halogens is 2. The standard InChI is InChI=1S/C17H13Cl2NO/c1-9-3-10(2)5-11(4-9)17-16(21)8-13-14(19)6-12(18)7-15(13)20-17/h3-7H,8H2,1-2H3. The van der Waals surface area contributed by atoms with E-state index in [1.807, 2.05) is 26.0 Å². The van der Waals surface area contributed by atoms with E-state index in [1.54, 1.807) is 12.1 Å². The summed E-state index contributed by atoms with van der Waals surface area (Å²) in [6, 6.07) is 9.41. The van der Waals surface area contributed by atoms with Gasteiger partial charge in [0.05, 0.1) is 5.69 Å². The second kappa shape index (κ2) is 5.28. The highest BCUT2D eigenvalue weighted by atomic mass is 35.5. The first-order valence-corrected chi connectivity index (χ1v) is 7.38. The van der Waals surface area contributed by atoms with Crippen LogP contribution in [0.25, 0.3) is 0 Å². The van der Waals surface area contributed by atoms with Crippen molar-refractivity contribution in [3.8, 4) is 0 Å². The first kappa shape index (κ1) is 14.3. The summed E-state index contributed by atoms with van der Waals surface area (Å²) in [5.74, 6) is -0.0169. The van der Waals surface area contributed by atoms with Crippen LogP contribution in [0.2, 0.25) is 10.0 Å². The van der Waals surface area contributed by atoms with Gasteiger partial charge in [0.1, 0.15) is 5.71 Å². The van der Waals surface area contributed by atoms with E-state index >= 15 is 0 Å². The number of fused-ring (bicyclic) bond motifs is 1. The van der Waals surface area contributed by atoms with Crippen LogP contribution in [0.1, 0.15) is 22.3 Å². The molecule has 2 aromatic rings. The van der Waals surface area contributed by atoms with Crippen LogP contribution in [-0.2, 0) is 11.2 Å². The third-order valence-electron chi connectivity index (χ3n) is 3.47. The Morgan fingerprint density at radius 3 is 2.33 bits per heavy atom. The van der Waals surface area contributed by atoms with Gasteiger partial charge in [-0.3, -0.25) is 4.79 Å². The lowest BCUT2D eigenvalue weighted by atomic mass is 9.94. The van der Waals surface area contributed by atoms with Crippen LogP contribution in [0.15, 0.2) is 35.3 Å². The first-order valence-electron chi connectivity index (χ1n) is 6.62. The first-order chi connectivity index (χ1) is 9.94. The zero-order valence-corrected chi connectivity index (χ0v) is 13.2. The van der Waals surface area contributed by atoms with E-state index in [0.717, 1.165) is 22.3 Å². The maximum Gasteiger partial charge on any atom is 0.186 e. The molecular weight excluding hydrogens is 305 g/mol. The fourth-order valence-corrected chi connectivity index (χ4v) is 3.18. The van der Waals surface area contributed by atoms with Crippen LogP contribution in [0, 0.1) is 13.8 Å². The molecule has 2 nitrogen and oxygen atoms in total. The molecule has 1 aliphatic heterocycles. The maximum absolute atomic E-state index is 12.4. The van der Waals surface area contributed by atoms with E-state index in [9.17, 15) is 4.79 Å². The number of aliphatic imine (C=N–C) groups is 1. The van der Waals surface area contributed by atoms with Gasteiger partial charge in [-0.2, -0.15) is 0 Å². The number of hydrogen-bond acceptors (Lipinski definition) is 2. The summed E-state index contributed by atoms with van der Waals surface area (Å²) in [5, 5.41) is 1.02. The maximum atomic E-state index is 12.4. The zero-order chi connectivity index (χ0) is 15.1. The van der Waals surface area contributed by atoms with Gasteiger partial charge in [0.15, 0.2) is 5.78 Å². The summed E-state index contributed by atoms with van der Waals surface area (Å²) in [5.41, 5.74) is 4.97. The van der Waals surface area contributed by atoms with Gasteiger partial charge in [-0.05, 0) is 38.1 Å². The number of carbonyl (C=O) groups excluding carboxylic acids is 1. The average molecular weight is 318 g/mol. The molecule has 0 saturated heterocycles. The van der Waals surface area contributed by atoms with Crippen LogP contribution in [0.5, 0.6) is 0 Å². The lowest BCUT2D eigenvalue weighted by Gasteiger charge is -2.17. The van der Waals surface area contributed by atoms with Crippen LogP contribution in [0.4, 0.5) is 5.69 Å². The van der Waals surface area contributed by atoms with Gasteiger partial charge < -0.3 is 0 Å². The molecule has 4 heteroatoms. The van der Waals surface area contributed by atoms with E-state index in [1.165, 1.54) is 0 Å². The molecule has 0 N–H and O–H groups in total. The Kier molecular flexibility index (Phi) is 3.60. The second-order valence-electron chi connectivity index (χ2n) is 5.32. The monoisotopic (exact) mass is 317 g/mol. The number of carbonyl (C=O) groups is 1. The number of hydrogen-bond donors (Lipinski definition) is 0. The summed E-state index contributed by atoms with van der Waals surface area (Å²) in [6.45, 7) is 4.01. The quantitative estimate of drug-likeness (QED) is 0.738. The van der Waals surface area contributed by atoms with Crippen molar-refractivity contribution in [3.63, 3.8) is 0 Å².